The highest BCUT2D eigenvalue weighted by atomic mass is 16.2. The molecule has 1 aliphatic carbocycles. The lowest BCUT2D eigenvalue weighted by Crippen LogP contribution is -2.50. The Morgan fingerprint density at radius 3 is 2.30 bits per heavy atom. The van der Waals surface area contributed by atoms with Crippen LogP contribution in [0.2, 0.25) is 0 Å². The van der Waals surface area contributed by atoms with Crippen molar-refractivity contribution in [2.75, 3.05) is 19.6 Å². The Bertz CT molecular complexity index is 1470. The molecule has 4 aromatic rings. The van der Waals surface area contributed by atoms with E-state index >= 15 is 0 Å². The topological polar surface area (TPSA) is 45.2 Å². The van der Waals surface area contributed by atoms with Gasteiger partial charge in [-0.2, -0.15) is 0 Å². The first-order valence-electron chi connectivity index (χ1n) is 14.9. The Morgan fingerprint density at radius 1 is 0.850 bits per heavy atom. The summed E-state index contributed by atoms with van der Waals surface area (Å²) in [4.78, 5) is 22.3. The van der Waals surface area contributed by atoms with Crippen LogP contribution in [0.1, 0.15) is 60.0 Å². The van der Waals surface area contributed by atoms with Crippen LogP contribution in [-0.2, 0) is 16.6 Å². The van der Waals surface area contributed by atoms with Gasteiger partial charge in [0.15, 0.2) is 0 Å². The number of pyridine rings is 1. The monoisotopic (exact) mass is 527 g/mol. The van der Waals surface area contributed by atoms with Crippen LogP contribution >= 0.6 is 0 Å². The van der Waals surface area contributed by atoms with Crippen LogP contribution in [-0.4, -0.2) is 35.4 Å². The average Bonchev–Trinajstić information content (AvgIpc) is 3.45. The van der Waals surface area contributed by atoms with Gasteiger partial charge in [-0.1, -0.05) is 97.1 Å². The summed E-state index contributed by atoms with van der Waals surface area (Å²) in [5.41, 5.74) is 6.97. The maximum atomic E-state index is 14.7. The smallest absolute Gasteiger partial charge is 0.228 e. The summed E-state index contributed by atoms with van der Waals surface area (Å²) >= 11 is 0. The van der Waals surface area contributed by atoms with Gasteiger partial charge in [-0.15, -0.1) is 0 Å². The number of aromatic nitrogens is 1. The summed E-state index contributed by atoms with van der Waals surface area (Å²) in [6.07, 6.45) is 5.10. The minimum atomic E-state index is -0.257. The first-order chi connectivity index (χ1) is 19.7. The minimum absolute atomic E-state index is 0.0805. The van der Waals surface area contributed by atoms with Crippen LogP contribution in [0.5, 0.6) is 0 Å². The van der Waals surface area contributed by atoms with Crippen LogP contribution in [0.15, 0.2) is 103 Å². The third-order valence-corrected chi connectivity index (χ3v) is 9.68. The summed E-state index contributed by atoms with van der Waals surface area (Å²) in [5, 5.41) is 3.65. The molecule has 202 valence electrons. The number of rotatable bonds is 4. The molecule has 4 nitrogen and oxygen atoms in total. The molecule has 2 aliphatic heterocycles. The number of aryl methyl sites for hydroxylation is 1. The molecule has 3 aliphatic rings. The third-order valence-electron chi connectivity index (χ3n) is 9.68. The predicted octanol–water partition coefficient (Wildman–Crippen LogP) is 6.69. The van der Waals surface area contributed by atoms with Crippen LogP contribution in [0.4, 0.5) is 0 Å². The third kappa shape index (κ3) is 4.45. The molecule has 1 spiro atoms. The van der Waals surface area contributed by atoms with E-state index in [-0.39, 0.29) is 17.4 Å². The number of nitrogens with one attached hydrogen (secondary N) is 1. The normalized spacial score (nSPS) is 26.0. The van der Waals surface area contributed by atoms with Crippen LogP contribution in [0, 0.1) is 5.92 Å². The quantitative estimate of drug-likeness (QED) is 0.322. The van der Waals surface area contributed by atoms with Crippen molar-refractivity contribution in [1.29, 1.82) is 0 Å². The fourth-order valence-electron chi connectivity index (χ4n) is 7.64. The van der Waals surface area contributed by atoms with Crippen LogP contribution < -0.4 is 5.32 Å². The van der Waals surface area contributed by atoms with E-state index in [1.54, 1.807) is 0 Å². The fraction of sp³-hybridized carbons (Fsp3) is 0.333. The molecule has 4 heteroatoms. The van der Waals surface area contributed by atoms with Crippen molar-refractivity contribution in [2.45, 2.75) is 49.5 Å². The van der Waals surface area contributed by atoms with E-state index in [0.717, 1.165) is 68.7 Å². The van der Waals surface area contributed by atoms with Crippen LogP contribution in [0.25, 0.3) is 11.3 Å². The molecule has 1 aromatic heterocycles. The zero-order valence-electron chi connectivity index (χ0n) is 23.0. The number of carbonyl (C=O) groups excluding carboxylic acids is 1. The number of hydrogen-bond donors (Lipinski definition) is 1. The highest BCUT2D eigenvalue weighted by molar-refractivity contribution is 5.82. The maximum absolute atomic E-state index is 14.7. The molecule has 2 saturated heterocycles. The second-order valence-corrected chi connectivity index (χ2v) is 11.9. The number of piperidine rings is 1. The number of benzene rings is 3. The van der Waals surface area contributed by atoms with Gasteiger partial charge in [0.25, 0.3) is 0 Å². The van der Waals surface area contributed by atoms with Crippen molar-refractivity contribution < 1.29 is 4.79 Å². The van der Waals surface area contributed by atoms with Gasteiger partial charge in [-0.25, -0.2) is 0 Å². The van der Waals surface area contributed by atoms with Crippen molar-refractivity contribution in [1.82, 2.24) is 15.2 Å². The van der Waals surface area contributed by atoms with Crippen molar-refractivity contribution in [3.8, 4) is 11.3 Å². The first kappa shape index (κ1) is 25.2. The Kier molecular flexibility index (Phi) is 6.73. The summed E-state index contributed by atoms with van der Waals surface area (Å²) in [5.74, 6) is 0.645. The van der Waals surface area contributed by atoms with Crippen molar-refractivity contribution in [3.63, 3.8) is 0 Å². The van der Waals surface area contributed by atoms with E-state index in [9.17, 15) is 4.79 Å². The highest BCUT2D eigenvalue weighted by Gasteiger charge is 2.53. The van der Waals surface area contributed by atoms with Gasteiger partial charge in [0.2, 0.25) is 5.91 Å². The molecular formula is C36H37N3O. The number of carbonyl (C=O) groups is 1. The van der Waals surface area contributed by atoms with E-state index in [0.29, 0.717) is 11.8 Å². The number of nitrogens with zero attached hydrogens (tertiary/aromatic N) is 2. The second kappa shape index (κ2) is 10.7. The minimum Gasteiger partial charge on any atom is -0.335 e. The number of fused-ring (bicyclic) bond motifs is 2. The van der Waals surface area contributed by atoms with Gasteiger partial charge in [0.05, 0.1) is 23.3 Å². The summed E-state index contributed by atoms with van der Waals surface area (Å²) in [6, 6.07) is 36.5. The number of amides is 1. The lowest BCUT2D eigenvalue weighted by atomic mass is 9.66. The van der Waals surface area contributed by atoms with Gasteiger partial charge >= 0.3 is 0 Å². The lowest BCUT2D eigenvalue weighted by molar-refractivity contribution is -0.141. The first-order valence-corrected chi connectivity index (χ1v) is 14.9. The molecule has 0 saturated carbocycles. The zero-order valence-corrected chi connectivity index (χ0v) is 23.0. The van der Waals surface area contributed by atoms with Gasteiger partial charge in [-0.05, 0) is 60.8 Å². The molecule has 0 unspecified atom stereocenters. The molecular weight excluding hydrogens is 490 g/mol. The van der Waals surface area contributed by atoms with Crippen molar-refractivity contribution >= 4 is 5.91 Å². The molecule has 3 heterocycles. The maximum Gasteiger partial charge on any atom is 0.228 e. The predicted molar refractivity (Wildman–Crippen MR) is 160 cm³/mol. The SMILES string of the molecule is O=C([C@@H]1CNC[C@]12CCCc1ccc(-c3ccccc3)nc12)N1CC[C@@H](c2ccccc2)C[C@H]1c1ccccc1. The van der Waals surface area contributed by atoms with E-state index in [1.807, 2.05) is 6.07 Å². The van der Waals surface area contributed by atoms with E-state index < -0.39 is 0 Å². The molecule has 0 radical (unpaired) electrons. The highest BCUT2D eigenvalue weighted by Crippen LogP contribution is 2.47. The molecule has 2 fully saturated rings. The van der Waals surface area contributed by atoms with Gasteiger partial charge in [0.1, 0.15) is 0 Å². The zero-order chi connectivity index (χ0) is 26.9. The largest absolute Gasteiger partial charge is 0.335 e. The fourth-order valence-corrected chi connectivity index (χ4v) is 7.64. The number of hydrogen-bond acceptors (Lipinski definition) is 3. The van der Waals surface area contributed by atoms with Gasteiger partial charge in [-0.3, -0.25) is 9.78 Å². The van der Waals surface area contributed by atoms with E-state index in [1.165, 1.54) is 16.7 Å². The Balaban J connectivity index is 1.24. The molecule has 3 aromatic carbocycles. The van der Waals surface area contributed by atoms with Gasteiger partial charge in [0, 0.05) is 30.6 Å². The molecule has 1 amide bonds. The summed E-state index contributed by atoms with van der Waals surface area (Å²) in [7, 11) is 0. The Labute approximate surface area is 237 Å². The summed E-state index contributed by atoms with van der Waals surface area (Å²) < 4.78 is 0. The van der Waals surface area contributed by atoms with Crippen molar-refractivity contribution in [3.05, 3.63) is 126 Å². The summed E-state index contributed by atoms with van der Waals surface area (Å²) in [6.45, 7) is 2.32. The Morgan fingerprint density at radius 2 is 1.55 bits per heavy atom. The average molecular weight is 528 g/mol. The van der Waals surface area contributed by atoms with E-state index in [2.05, 4.69) is 107 Å². The molecule has 40 heavy (non-hydrogen) atoms. The van der Waals surface area contributed by atoms with Crippen LogP contribution in [0.3, 0.4) is 0 Å². The number of likely N-dealkylation sites (tertiary alicyclic amines) is 1. The van der Waals surface area contributed by atoms with Crippen molar-refractivity contribution in [2.24, 2.45) is 5.92 Å². The molecule has 0 bridgehead atoms. The molecule has 1 N–H and O–H groups in total. The standard InChI is InChI=1S/C36H37N3O/c40-35(39-22-20-30(26-11-4-1-5-12-26)23-33(39)28-15-8-3-9-16-28)31-24-37-25-36(31)21-10-17-29-18-19-32(38-34(29)36)27-13-6-2-7-14-27/h1-9,11-16,18-19,30-31,33,37H,10,17,20-25H2/t30-,31+,33+,36-/m1/s1. The lowest BCUT2D eigenvalue weighted by Gasteiger charge is -2.45. The van der Waals surface area contributed by atoms with E-state index in [4.69, 9.17) is 4.98 Å². The molecule has 7 rings (SSSR count). The molecule has 4 atom stereocenters. The Hall–Kier alpha value is -3.76. The second-order valence-electron chi connectivity index (χ2n) is 11.9. The van der Waals surface area contributed by atoms with Gasteiger partial charge < -0.3 is 10.2 Å².